The standard InChI is InChI=1S/C18H24O7/c1-12(2)15(19)22-8-9-23-16(20)14-6-4-5-7-18(14,3)17(21)25-11-13-10-24-13/h5,7,13-14H,1,4,6,8-11H2,2-3H3. The molecule has 0 radical (unpaired) electrons. The van der Waals surface area contributed by atoms with Gasteiger partial charge in [0.2, 0.25) is 0 Å². The molecule has 0 aromatic carbocycles. The van der Waals surface area contributed by atoms with Gasteiger partial charge in [0, 0.05) is 5.57 Å². The van der Waals surface area contributed by atoms with Crippen molar-refractivity contribution < 1.29 is 33.3 Å². The molecule has 0 amide bonds. The first kappa shape index (κ1) is 19.2. The van der Waals surface area contributed by atoms with Gasteiger partial charge in [-0.25, -0.2) is 4.79 Å². The highest BCUT2D eigenvalue weighted by molar-refractivity contribution is 5.87. The minimum atomic E-state index is -1.07. The molecule has 25 heavy (non-hydrogen) atoms. The Balaban J connectivity index is 1.87. The molecule has 2 rings (SSSR count). The van der Waals surface area contributed by atoms with Crippen molar-refractivity contribution in [2.75, 3.05) is 26.4 Å². The summed E-state index contributed by atoms with van der Waals surface area (Å²) >= 11 is 0. The third kappa shape index (κ3) is 5.16. The molecule has 1 aliphatic heterocycles. The zero-order valence-corrected chi connectivity index (χ0v) is 14.6. The van der Waals surface area contributed by atoms with E-state index in [4.69, 9.17) is 18.9 Å². The summed E-state index contributed by atoms with van der Waals surface area (Å²) in [6, 6.07) is 0. The number of allylic oxidation sites excluding steroid dienone is 1. The third-order valence-corrected chi connectivity index (χ3v) is 4.25. The van der Waals surface area contributed by atoms with Crippen molar-refractivity contribution in [3.8, 4) is 0 Å². The van der Waals surface area contributed by atoms with Crippen LogP contribution in [0, 0.1) is 11.3 Å². The first-order valence-corrected chi connectivity index (χ1v) is 8.30. The molecular formula is C18H24O7. The lowest BCUT2D eigenvalue weighted by molar-refractivity contribution is -0.167. The Bertz CT molecular complexity index is 576. The van der Waals surface area contributed by atoms with Gasteiger partial charge in [-0.05, 0) is 26.7 Å². The molecule has 3 atom stereocenters. The zero-order chi connectivity index (χ0) is 18.4. The average molecular weight is 352 g/mol. The lowest BCUT2D eigenvalue weighted by atomic mass is 9.71. The smallest absolute Gasteiger partial charge is 0.333 e. The average Bonchev–Trinajstić information content (AvgIpc) is 3.40. The number of hydrogen-bond acceptors (Lipinski definition) is 7. The highest BCUT2D eigenvalue weighted by Gasteiger charge is 2.47. The van der Waals surface area contributed by atoms with Gasteiger partial charge < -0.3 is 18.9 Å². The molecule has 7 heteroatoms. The van der Waals surface area contributed by atoms with E-state index in [1.807, 2.05) is 6.08 Å². The Hall–Kier alpha value is -2.15. The lowest BCUT2D eigenvalue weighted by Crippen LogP contribution is -2.42. The molecule has 0 spiro atoms. The second-order valence-corrected chi connectivity index (χ2v) is 6.45. The van der Waals surface area contributed by atoms with Gasteiger partial charge in [0.05, 0.1) is 17.9 Å². The molecule has 0 aromatic heterocycles. The number of ether oxygens (including phenoxy) is 4. The van der Waals surface area contributed by atoms with Crippen LogP contribution in [0.2, 0.25) is 0 Å². The van der Waals surface area contributed by atoms with Crippen molar-refractivity contribution >= 4 is 17.9 Å². The van der Waals surface area contributed by atoms with Crippen LogP contribution < -0.4 is 0 Å². The molecule has 7 nitrogen and oxygen atoms in total. The molecule has 0 N–H and O–H groups in total. The van der Waals surface area contributed by atoms with Gasteiger partial charge in [0.1, 0.15) is 25.9 Å². The number of esters is 3. The summed E-state index contributed by atoms with van der Waals surface area (Å²) in [6.07, 6.45) is 4.71. The first-order valence-electron chi connectivity index (χ1n) is 8.30. The second-order valence-electron chi connectivity index (χ2n) is 6.45. The van der Waals surface area contributed by atoms with Crippen molar-refractivity contribution in [2.24, 2.45) is 11.3 Å². The maximum absolute atomic E-state index is 12.4. The molecule has 0 bridgehead atoms. The molecular weight excluding hydrogens is 328 g/mol. The van der Waals surface area contributed by atoms with Gasteiger partial charge in [0.15, 0.2) is 0 Å². The van der Waals surface area contributed by atoms with Gasteiger partial charge in [-0.1, -0.05) is 18.7 Å². The molecule has 2 aliphatic rings. The fourth-order valence-corrected chi connectivity index (χ4v) is 2.57. The van der Waals surface area contributed by atoms with Crippen LogP contribution in [0.15, 0.2) is 24.3 Å². The third-order valence-electron chi connectivity index (χ3n) is 4.25. The Morgan fingerprint density at radius 3 is 2.56 bits per heavy atom. The van der Waals surface area contributed by atoms with Crippen molar-refractivity contribution in [1.29, 1.82) is 0 Å². The highest BCUT2D eigenvalue weighted by atomic mass is 16.6. The molecule has 0 aromatic rings. The predicted molar refractivity (Wildman–Crippen MR) is 87.4 cm³/mol. The Labute approximate surface area is 146 Å². The summed E-state index contributed by atoms with van der Waals surface area (Å²) in [7, 11) is 0. The van der Waals surface area contributed by atoms with Crippen molar-refractivity contribution in [1.82, 2.24) is 0 Å². The summed E-state index contributed by atoms with van der Waals surface area (Å²) in [5.74, 6) is -2.14. The maximum Gasteiger partial charge on any atom is 0.333 e. The van der Waals surface area contributed by atoms with Gasteiger partial charge in [0.25, 0.3) is 0 Å². The SMILES string of the molecule is C=C(C)C(=O)OCCOC(=O)C1CCC=CC1(C)C(=O)OCC1CO1. The van der Waals surface area contributed by atoms with Crippen molar-refractivity contribution in [2.45, 2.75) is 32.8 Å². The monoisotopic (exact) mass is 352 g/mol. The Morgan fingerprint density at radius 1 is 1.24 bits per heavy atom. The van der Waals surface area contributed by atoms with Crippen LogP contribution >= 0.6 is 0 Å². The summed E-state index contributed by atoms with van der Waals surface area (Å²) < 4.78 is 20.4. The number of hydrogen-bond donors (Lipinski definition) is 0. The number of epoxide rings is 1. The topological polar surface area (TPSA) is 91.4 Å². The van der Waals surface area contributed by atoms with Crippen LogP contribution in [-0.4, -0.2) is 50.4 Å². The van der Waals surface area contributed by atoms with E-state index in [1.165, 1.54) is 6.92 Å². The summed E-state index contributed by atoms with van der Waals surface area (Å²) in [4.78, 5) is 36.1. The quantitative estimate of drug-likeness (QED) is 0.163. The van der Waals surface area contributed by atoms with E-state index >= 15 is 0 Å². The van der Waals surface area contributed by atoms with E-state index in [0.29, 0.717) is 19.4 Å². The predicted octanol–water partition coefficient (Wildman–Crippen LogP) is 1.56. The van der Waals surface area contributed by atoms with E-state index in [1.54, 1.807) is 13.0 Å². The molecule has 0 saturated carbocycles. The van der Waals surface area contributed by atoms with Gasteiger partial charge in [-0.2, -0.15) is 0 Å². The van der Waals surface area contributed by atoms with Crippen LogP contribution in [-0.2, 0) is 33.3 Å². The van der Waals surface area contributed by atoms with Crippen LogP contribution in [0.4, 0.5) is 0 Å². The van der Waals surface area contributed by atoms with E-state index in [2.05, 4.69) is 6.58 Å². The number of carbonyl (C=O) groups is 3. The molecule has 138 valence electrons. The first-order chi connectivity index (χ1) is 11.8. The Kier molecular flexibility index (Phi) is 6.36. The van der Waals surface area contributed by atoms with Gasteiger partial charge in [-0.3, -0.25) is 9.59 Å². The molecule has 1 fully saturated rings. The molecule has 1 aliphatic carbocycles. The van der Waals surface area contributed by atoms with E-state index in [0.717, 1.165) is 0 Å². The van der Waals surface area contributed by atoms with Crippen LogP contribution in [0.3, 0.4) is 0 Å². The van der Waals surface area contributed by atoms with Gasteiger partial charge >= 0.3 is 17.9 Å². The summed E-state index contributed by atoms with van der Waals surface area (Å²) in [5.41, 5.74) is -0.794. The summed E-state index contributed by atoms with van der Waals surface area (Å²) in [5, 5.41) is 0. The fourth-order valence-electron chi connectivity index (χ4n) is 2.57. The number of carbonyl (C=O) groups excluding carboxylic acids is 3. The van der Waals surface area contributed by atoms with E-state index in [9.17, 15) is 14.4 Å². The van der Waals surface area contributed by atoms with Gasteiger partial charge in [-0.15, -0.1) is 0 Å². The molecule has 3 unspecified atom stereocenters. The number of rotatable bonds is 8. The van der Waals surface area contributed by atoms with E-state index in [-0.39, 0.29) is 31.5 Å². The minimum Gasteiger partial charge on any atom is -0.462 e. The van der Waals surface area contributed by atoms with Crippen LogP contribution in [0.1, 0.15) is 26.7 Å². The Morgan fingerprint density at radius 2 is 1.92 bits per heavy atom. The zero-order valence-electron chi connectivity index (χ0n) is 14.6. The molecule has 1 saturated heterocycles. The van der Waals surface area contributed by atoms with Crippen molar-refractivity contribution in [3.05, 3.63) is 24.3 Å². The van der Waals surface area contributed by atoms with Crippen molar-refractivity contribution in [3.63, 3.8) is 0 Å². The van der Waals surface area contributed by atoms with E-state index < -0.39 is 29.2 Å². The summed E-state index contributed by atoms with van der Waals surface area (Å²) in [6.45, 7) is 7.33. The normalized spacial score (nSPS) is 27.3. The second kappa shape index (κ2) is 8.29. The minimum absolute atomic E-state index is 0.0338. The molecule has 1 heterocycles. The lowest BCUT2D eigenvalue weighted by Gasteiger charge is -2.33. The van der Waals surface area contributed by atoms with Crippen LogP contribution in [0.25, 0.3) is 0 Å². The van der Waals surface area contributed by atoms with Crippen LogP contribution in [0.5, 0.6) is 0 Å². The maximum atomic E-state index is 12.4. The highest BCUT2D eigenvalue weighted by Crippen LogP contribution is 2.38. The fraction of sp³-hybridized carbons (Fsp3) is 0.611. The largest absolute Gasteiger partial charge is 0.462 e.